The molecule has 0 aromatic rings. The van der Waals surface area contributed by atoms with Crippen LogP contribution in [-0.2, 0) is 48.0 Å². The van der Waals surface area contributed by atoms with E-state index in [9.17, 15) is 33.9 Å². The second-order valence-electron chi connectivity index (χ2n) is 20.4. The summed E-state index contributed by atoms with van der Waals surface area (Å²) in [5.74, 6) is -5.09. The second kappa shape index (κ2) is 19.0. The van der Waals surface area contributed by atoms with E-state index in [4.69, 9.17) is 24.4 Å². The van der Waals surface area contributed by atoms with Gasteiger partial charge in [-0.15, -0.1) is 0 Å². The van der Waals surface area contributed by atoms with Gasteiger partial charge in [0.25, 0.3) is 0 Å². The van der Waals surface area contributed by atoms with Crippen molar-refractivity contribution in [2.45, 2.75) is 188 Å². The largest absolute Gasteiger partial charge is 0.481 e. The van der Waals surface area contributed by atoms with Gasteiger partial charge in [0.2, 0.25) is 0 Å². The predicted molar refractivity (Wildman–Crippen MR) is 216 cm³/mol. The zero-order chi connectivity index (χ0) is 42.7. The van der Waals surface area contributed by atoms with E-state index in [0.717, 1.165) is 77.0 Å². The minimum Gasteiger partial charge on any atom is -0.481 e. The number of unbranched alkanes of at least 4 members (excludes halogenated alkanes) is 7. The number of cyclic esters (lactones) is 4. The number of hydrogen-bond donors (Lipinski definition) is 2. The van der Waals surface area contributed by atoms with Gasteiger partial charge in [-0.05, 0) is 118 Å². The second-order valence-corrected chi connectivity index (χ2v) is 20.4. The van der Waals surface area contributed by atoms with Crippen LogP contribution in [-0.4, -0.2) is 58.2 Å². The van der Waals surface area contributed by atoms with Gasteiger partial charge in [-0.3, -0.25) is 28.8 Å². The molecule has 13 atom stereocenters. The molecule has 12 heteroatoms. The van der Waals surface area contributed by atoms with Crippen LogP contribution in [0.5, 0.6) is 0 Å². The summed E-state index contributed by atoms with van der Waals surface area (Å²) in [5.41, 5.74) is -2.05. The van der Waals surface area contributed by atoms with E-state index >= 15 is 0 Å². The van der Waals surface area contributed by atoms with Crippen LogP contribution in [0, 0.1) is 69.5 Å². The monoisotopic (exact) mass is 829 g/mol. The van der Waals surface area contributed by atoms with E-state index in [-0.39, 0.29) is 54.5 Å². The molecule has 59 heavy (non-hydrogen) atoms. The molecule has 1 spiro atoms. The van der Waals surface area contributed by atoms with Gasteiger partial charge < -0.3 is 19.7 Å². The number of esters is 4. The Morgan fingerprint density at radius 2 is 1.51 bits per heavy atom. The Balaban J connectivity index is 1.28. The van der Waals surface area contributed by atoms with Crippen molar-refractivity contribution >= 4 is 35.8 Å². The van der Waals surface area contributed by atoms with Crippen LogP contribution in [0.4, 0.5) is 0 Å². The Morgan fingerprint density at radius 3 is 2.17 bits per heavy atom. The molecular formula is C47H72O12. The summed E-state index contributed by atoms with van der Waals surface area (Å²) in [6.45, 7) is 10.7. The lowest BCUT2D eigenvalue weighted by atomic mass is 9.37. The number of carbonyl (C=O) groups excluding carboxylic acids is 4. The summed E-state index contributed by atoms with van der Waals surface area (Å²) in [5, 5.41) is 19.7. The first-order valence-corrected chi connectivity index (χ1v) is 23.4. The van der Waals surface area contributed by atoms with Gasteiger partial charge in [-0.2, -0.15) is 0 Å². The average molecular weight is 829 g/mol. The van der Waals surface area contributed by atoms with Crippen LogP contribution in [0.1, 0.15) is 176 Å². The first-order chi connectivity index (χ1) is 28.1. The number of rotatable bonds is 22. The van der Waals surface area contributed by atoms with Gasteiger partial charge in [0.05, 0.1) is 41.8 Å². The molecule has 2 heterocycles. The first kappa shape index (κ1) is 45.7. The molecule has 7 rings (SSSR count). The third-order valence-electron chi connectivity index (χ3n) is 16.9. The van der Waals surface area contributed by atoms with Gasteiger partial charge in [0.1, 0.15) is 0 Å². The molecule has 12 nitrogen and oxygen atoms in total. The summed E-state index contributed by atoms with van der Waals surface area (Å²) < 4.78 is 10.6. The van der Waals surface area contributed by atoms with E-state index in [1.165, 1.54) is 0 Å². The summed E-state index contributed by atoms with van der Waals surface area (Å²) in [4.78, 5) is 90.4. The molecule has 7 fully saturated rings. The van der Waals surface area contributed by atoms with Crippen molar-refractivity contribution in [2.75, 3.05) is 0 Å². The van der Waals surface area contributed by atoms with Gasteiger partial charge in [0.15, 0.2) is 0 Å². The van der Waals surface area contributed by atoms with E-state index in [0.29, 0.717) is 51.4 Å². The number of ether oxygens (including phenoxy) is 2. The lowest BCUT2D eigenvalue weighted by Gasteiger charge is -2.66. The molecule has 13 unspecified atom stereocenters. The van der Waals surface area contributed by atoms with Crippen LogP contribution >= 0.6 is 0 Å². The van der Waals surface area contributed by atoms with E-state index in [2.05, 4.69) is 27.7 Å². The molecule has 0 aromatic carbocycles. The lowest BCUT2D eigenvalue weighted by molar-refractivity contribution is -0.386. The molecule has 2 aliphatic heterocycles. The van der Waals surface area contributed by atoms with Crippen LogP contribution < -0.4 is 0 Å². The van der Waals surface area contributed by atoms with Crippen molar-refractivity contribution in [2.24, 2.45) is 69.5 Å². The smallest absolute Gasteiger partial charge is 0.318 e. The topological polar surface area (TPSA) is 180 Å². The maximum Gasteiger partial charge on any atom is 0.318 e. The van der Waals surface area contributed by atoms with Crippen LogP contribution in [0.15, 0.2) is 0 Å². The van der Waals surface area contributed by atoms with E-state index < -0.39 is 75.9 Å². The fourth-order valence-electron chi connectivity index (χ4n) is 13.9. The molecular weight excluding hydrogens is 757 g/mol. The molecule has 0 radical (unpaired) electrons. The van der Waals surface area contributed by atoms with Gasteiger partial charge in [-0.1, -0.05) is 85.5 Å². The van der Waals surface area contributed by atoms with Gasteiger partial charge >= 0.3 is 35.8 Å². The lowest BCUT2D eigenvalue weighted by Crippen LogP contribution is -2.65. The summed E-state index contributed by atoms with van der Waals surface area (Å²) >= 11 is 0. The third kappa shape index (κ3) is 9.05. The Hall–Kier alpha value is -2.86. The number of carboxylic acid groups (broad SMARTS) is 2. The Morgan fingerprint density at radius 1 is 0.797 bits per heavy atom. The zero-order valence-corrected chi connectivity index (χ0v) is 36.4. The van der Waals surface area contributed by atoms with Crippen molar-refractivity contribution in [3.05, 3.63) is 0 Å². The highest BCUT2D eigenvalue weighted by Crippen LogP contribution is 2.74. The number of fused-ring (bicyclic) bond motifs is 3. The molecule has 5 aliphatic carbocycles. The molecule has 2 N–H and O–H groups in total. The summed E-state index contributed by atoms with van der Waals surface area (Å²) in [6.07, 6.45) is 15.3. The standard InChI is InChI=1S/C47H72O12/c1-6-7-12-16-29(32-27-38(50)56-41(32)51)19-20-30(17-13-10-8-9-11-14-18-37(48)49)58-59-36-26-31(28(2)3)33-25-35-45(4)22-15-23-46(5,44(54)55)34(45)21-24-47(35,36)40-39(33)42(52)57-43(40)53/h28-36,39-40H,6-27H2,1-5H3,(H,48,49)(H,54,55). The molecule has 5 saturated carbocycles. The molecule has 332 valence electrons. The molecule has 2 bridgehead atoms. The SMILES string of the molecule is CCCCCC(CCC(CCCCCCCCC(=O)O)OOC1CC(C(C)C)C2CC3C4(C)CCCC(C)(C(=O)O)C4CCC13C1C(=O)OC(=O)C21)C1CC(=O)OC1=O. The third-order valence-corrected chi connectivity index (χ3v) is 16.9. The average Bonchev–Trinajstić information content (AvgIpc) is 3.58. The highest BCUT2D eigenvalue weighted by atomic mass is 17.2. The van der Waals surface area contributed by atoms with E-state index in [1.54, 1.807) is 0 Å². The van der Waals surface area contributed by atoms with Crippen molar-refractivity contribution in [3.63, 3.8) is 0 Å². The molecule has 0 amide bonds. The minimum absolute atomic E-state index is 0.0345. The Bertz CT molecular complexity index is 1560. The first-order valence-electron chi connectivity index (χ1n) is 23.4. The zero-order valence-electron chi connectivity index (χ0n) is 36.4. The van der Waals surface area contributed by atoms with Crippen LogP contribution in [0.25, 0.3) is 0 Å². The van der Waals surface area contributed by atoms with Crippen LogP contribution in [0.2, 0.25) is 0 Å². The van der Waals surface area contributed by atoms with Crippen molar-refractivity contribution in [1.29, 1.82) is 0 Å². The Kier molecular flexibility index (Phi) is 14.7. The predicted octanol–water partition coefficient (Wildman–Crippen LogP) is 9.25. The van der Waals surface area contributed by atoms with Gasteiger partial charge in [-0.25, -0.2) is 9.78 Å². The number of carbonyl (C=O) groups is 6. The van der Waals surface area contributed by atoms with Gasteiger partial charge in [0, 0.05) is 11.8 Å². The number of hydrogen-bond acceptors (Lipinski definition) is 10. The number of aliphatic carboxylic acids is 2. The number of carboxylic acids is 2. The summed E-state index contributed by atoms with van der Waals surface area (Å²) in [7, 11) is 0. The summed E-state index contributed by atoms with van der Waals surface area (Å²) in [6, 6.07) is 0. The maximum atomic E-state index is 14.1. The normalized spacial score (nSPS) is 37.3. The molecule has 7 aliphatic rings. The van der Waals surface area contributed by atoms with Crippen LogP contribution in [0.3, 0.4) is 0 Å². The molecule has 2 saturated heterocycles. The van der Waals surface area contributed by atoms with Crippen molar-refractivity contribution < 1.29 is 58.2 Å². The van der Waals surface area contributed by atoms with Crippen molar-refractivity contribution in [3.8, 4) is 0 Å². The molecule has 0 aromatic heterocycles. The van der Waals surface area contributed by atoms with Crippen molar-refractivity contribution in [1.82, 2.24) is 0 Å². The van der Waals surface area contributed by atoms with E-state index in [1.807, 2.05) is 6.92 Å². The maximum absolute atomic E-state index is 14.1. The minimum atomic E-state index is -0.888. The fourth-order valence-corrected chi connectivity index (χ4v) is 13.9. The highest BCUT2D eigenvalue weighted by Gasteiger charge is 2.76. The quantitative estimate of drug-likeness (QED) is 0.0348. The Labute approximate surface area is 350 Å². The fraction of sp³-hybridized carbons (Fsp3) is 0.872. The highest BCUT2D eigenvalue weighted by molar-refractivity contribution is 5.97.